The monoisotopic (exact) mass is 158 g/mol. The molecule has 0 saturated carbocycles. The summed E-state index contributed by atoms with van der Waals surface area (Å²) >= 11 is 0. The summed E-state index contributed by atoms with van der Waals surface area (Å²) in [5, 5.41) is 0. The Morgan fingerprint density at radius 1 is 1.42 bits per heavy atom. The van der Waals surface area contributed by atoms with Gasteiger partial charge in [0.25, 0.3) is 5.56 Å². The number of benzene rings is 1. The summed E-state index contributed by atoms with van der Waals surface area (Å²) in [7, 11) is 0. The average Bonchev–Trinajstić information content (AvgIpc) is 2.04. The number of hydrogen-bond donors (Lipinski definition) is 1. The van der Waals surface area contributed by atoms with Gasteiger partial charge in [-0.2, -0.15) is 0 Å². The van der Waals surface area contributed by atoms with Gasteiger partial charge in [0.2, 0.25) is 0 Å². The van der Waals surface area contributed by atoms with Crippen molar-refractivity contribution in [2.75, 3.05) is 0 Å². The van der Waals surface area contributed by atoms with Crippen LogP contribution in [0, 0.1) is 6.92 Å². The van der Waals surface area contributed by atoms with Gasteiger partial charge in [0, 0.05) is 6.92 Å². The number of aromatic nitrogens is 2. The van der Waals surface area contributed by atoms with E-state index in [-0.39, 0.29) is 5.56 Å². The van der Waals surface area contributed by atoms with Crippen LogP contribution < -0.4 is 5.56 Å². The van der Waals surface area contributed by atoms with E-state index in [9.17, 15) is 4.79 Å². The lowest BCUT2D eigenvalue weighted by Crippen LogP contribution is -2.05. The number of hydrogen-bond acceptors (Lipinski definition) is 2. The number of fused-ring (bicyclic) bond motifs is 1. The Morgan fingerprint density at radius 2 is 2.25 bits per heavy atom. The van der Waals surface area contributed by atoms with E-state index in [1.807, 2.05) is 0 Å². The molecule has 1 N–H and O–H groups in total. The number of para-hydroxylation sites is 1. The molecule has 2 aromatic rings. The van der Waals surface area contributed by atoms with Gasteiger partial charge in [-0.05, 0) is 11.6 Å². The molecular weight excluding hydrogens is 152 g/mol. The van der Waals surface area contributed by atoms with Crippen LogP contribution in [0.4, 0.5) is 0 Å². The van der Waals surface area contributed by atoms with E-state index in [0.717, 1.165) is 0 Å². The minimum absolute atomic E-state index is 0.215. The average molecular weight is 158 g/mol. The zero-order valence-corrected chi connectivity index (χ0v) is 6.24. The minimum atomic E-state index is -0.215. The van der Waals surface area contributed by atoms with Crippen LogP contribution in [-0.2, 0) is 0 Å². The van der Waals surface area contributed by atoms with E-state index in [2.05, 4.69) is 9.97 Å². The van der Waals surface area contributed by atoms with E-state index < -0.39 is 0 Å². The third kappa shape index (κ3) is 0.993. The lowest BCUT2D eigenvalue weighted by molar-refractivity contribution is 1.21. The summed E-state index contributed by atoms with van der Waals surface area (Å²) in [5.74, 6) is 0. The normalized spacial score (nSPS) is 10.4. The van der Waals surface area contributed by atoms with Crippen LogP contribution >= 0.6 is 0 Å². The molecule has 2 rings (SSSR count). The van der Waals surface area contributed by atoms with Crippen molar-refractivity contribution >= 4 is 11.0 Å². The van der Waals surface area contributed by atoms with Crippen molar-refractivity contribution in [3.05, 3.63) is 47.2 Å². The lowest BCUT2D eigenvalue weighted by atomic mass is 10.2. The van der Waals surface area contributed by atoms with Crippen LogP contribution in [-0.4, -0.2) is 9.97 Å². The van der Waals surface area contributed by atoms with Crippen molar-refractivity contribution in [1.82, 2.24) is 9.97 Å². The molecule has 58 valence electrons. The summed E-state index contributed by atoms with van der Waals surface area (Å²) in [5.41, 5.74) is 1.66. The van der Waals surface area contributed by atoms with E-state index in [4.69, 9.17) is 6.92 Å². The highest BCUT2D eigenvalue weighted by Gasteiger charge is 1.96. The Balaban J connectivity index is 2.96. The molecule has 0 aliphatic rings. The van der Waals surface area contributed by atoms with Gasteiger partial charge in [-0.3, -0.25) is 4.79 Å². The zero-order chi connectivity index (χ0) is 8.55. The molecule has 0 fully saturated rings. The fourth-order valence-corrected chi connectivity index (χ4v) is 1.09. The van der Waals surface area contributed by atoms with Crippen molar-refractivity contribution in [2.45, 2.75) is 0 Å². The van der Waals surface area contributed by atoms with Gasteiger partial charge in [-0.25, -0.2) is 4.98 Å². The highest BCUT2D eigenvalue weighted by molar-refractivity contribution is 5.77. The van der Waals surface area contributed by atoms with Crippen molar-refractivity contribution in [3.63, 3.8) is 0 Å². The summed E-state index contributed by atoms with van der Waals surface area (Å²) < 4.78 is 0. The molecule has 0 aliphatic carbocycles. The number of nitrogens with zero attached hydrogens (tertiary/aromatic N) is 1. The third-order valence-electron chi connectivity index (χ3n) is 1.64. The molecule has 0 bridgehead atoms. The molecule has 12 heavy (non-hydrogen) atoms. The SMILES string of the molecule is [CH]c1cccc2[nH]c(=O)cnc12. The first kappa shape index (κ1) is 7.03. The Morgan fingerprint density at radius 3 is 3.08 bits per heavy atom. The van der Waals surface area contributed by atoms with Gasteiger partial charge in [-0.15, -0.1) is 0 Å². The van der Waals surface area contributed by atoms with E-state index in [1.54, 1.807) is 18.2 Å². The van der Waals surface area contributed by atoms with Gasteiger partial charge in [0.1, 0.15) is 0 Å². The van der Waals surface area contributed by atoms with Crippen LogP contribution in [0.1, 0.15) is 5.56 Å². The Kier molecular flexibility index (Phi) is 1.43. The van der Waals surface area contributed by atoms with Gasteiger partial charge in [0.15, 0.2) is 0 Å². The van der Waals surface area contributed by atoms with Crippen LogP contribution in [0.25, 0.3) is 11.0 Å². The Hall–Kier alpha value is -1.64. The number of rotatable bonds is 0. The summed E-state index contributed by atoms with van der Waals surface area (Å²) in [6.07, 6.45) is 1.22. The molecule has 0 aliphatic heterocycles. The lowest BCUT2D eigenvalue weighted by Gasteiger charge is -1.97. The van der Waals surface area contributed by atoms with Gasteiger partial charge in [-0.1, -0.05) is 12.1 Å². The first-order valence-corrected chi connectivity index (χ1v) is 3.51. The Bertz CT molecular complexity index is 473. The van der Waals surface area contributed by atoms with Crippen molar-refractivity contribution < 1.29 is 0 Å². The minimum Gasteiger partial charge on any atom is -0.319 e. The molecule has 3 heteroatoms. The highest BCUT2D eigenvalue weighted by Crippen LogP contribution is 2.10. The second-order valence-corrected chi connectivity index (χ2v) is 2.49. The summed E-state index contributed by atoms with van der Waals surface area (Å²) in [6, 6.07) is 5.28. The topological polar surface area (TPSA) is 45.8 Å². The molecule has 0 saturated heterocycles. The van der Waals surface area contributed by atoms with Crippen molar-refractivity contribution in [1.29, 1.82) is 0 Å². The summed E-state index contributed by atoms with van der Waals surface area (Å²) in [4.78, 5) is 17.4. The molecule has 0 unspecified atom stereocenters. The first-order valence-electron chi connectivity index (χ1n) is 3.51. The van der Waals surface area contributed by atoms with Crippen LogP contribution in [0.5, 0.6) is 0 Å². The third-order valence-corrected chi connectivity index (χ3v) is 1.64. The zero-order valence-electron chi connectivity index (χ0n) is 6.24. The predicted molar refractivity (Wildman–Crippen MR) is 45.8 cm³/mol. The second kappa shape index (κ2) is 2.44. The van der Waals surface area contributed by atoms with E-state index in [0.29, 0.717) is 16.6 Å². The quantitative estimate of drug-likeness (QED) is 0.621. The van der Waals surface area contributed by atoms with Gasteiger partial charge in [0.05, 0.1) is 17.2 Å². The van der Waals surface area contributed by atoms with Crippen LogP contribution in [0.15, 0.2) is 29.2 Å². The number of H-pyrrole nitrogens is 1. The maximum absolute atomic E-state index is 10.8. The molecule has 1 aromatic carbocycles. The fraction of sp³-hybridized carbons (Fsp3) is 0. The maximum Gasteiger partial charge on any atom is 0.266 e. The van der Waals surface area contributed by atoms with E-state index >= 15 is 0 Å². The molecule has 2 radical (unpaired) electrons. The van der Waals surface area contributed by atoms with Crippen molar-refractivity contribution in [3.8, 4) is 0 Å². The van der Waals surface area contributed by atoms with Crippen LogP contribution in [0.2, 0.25) is 0 Å². The first-order chi connectivity index (χ1) is 5.77. The standard InChI is InChI=1S/C9H6N2O/c1-6-3-2-4-7-9(6)10-5-8(12)11-7/h1-5H,(H,11,12). The fourth-order valence-electron chi connectivity index (χ4n) is 1.09. The molecule has 0 spiro atoms. The number of nitrogens with one attached hydrogen (secondary N) is 1. The largest absolute Gasteiger partial charge is 0.319 e. The smallest absolute Gasteiger partial charge is 0.266 e. The second-order valence-electron chi connectivity index (χ2n) is 2.49. The number of aromatic amines is 1. The van der Waals surface area contributed by atoms with Gasteiger partial charge < -0.3 is 4.98 Å². The highest BCUT2D eigenvalue weighted by atomic mass is 16.1. The van der Waals surface area contributed by atoms with Crippen molar-refractivity contribution in [2.24, 2.45) is 0 Å². The van der Waals surface area contributed by atoms with E-state index in [1.165, 1.54) is 6.20 Å². The molecule has 0 amide bonds. The maximum atomic E-state index is 10.8. The molecule has 1 aromatic heterocycles. The van der Waals surface area contributed by atoms with Gasteiger partial charge >= 0.3 is 0 Å². The van der Waals surface area contributed by atoms with Crippen LogP contribution in [0.3, 0.4) is 0 Å². The molecule has 0 atom stereocenters. The molecular formula is C9H6N2O. The molecule has 3 nitrogen and oxygen atoms in total. The predicted octanol–water partition coefficient (Wildman–Crippen LogP) is 0.982. The Labute approximate surface area is 69.1 Å². The molecule has 1 heterocycles. The summed E-state index contributed by atoms with van der Waals surface area (Å²) in [6.45, 7) is 5.62.